The van der Waals surface area contributed by atoms with Crippen LogP contribution in [0, 0.1) is 11.3 Å². The van der Waals surface area contributed by atoms with Crippen LogP contribution in [0.25, 0.3) is 0 Å². The maximum Gasteiger partial charge on any atom is 0.322 e. The van der Waals surface area contributed by atoms with Crippen molar-refractivity contribution in [3.05, 3.63) is 36.3 Å². The molecule has 124 valence electrons. The molecule has 3 rings (SSSR count). The molecule has 8 heteroatoms. The summed E-state index contributed by atoms with van der Waals surface area (Å²) in [6.07, 6.45) is 5.03. The second-order valence-corrected chi connectivity index (χ2v) is 5.51. The van der Waals surface area contributed by atoms with Crippen LogP contribution in [-0.2, 0) is 6.54 Å². The van der Waals surface area contributed by atoms with E-state index < -0.39 is 0 Å². The predicted molar refractivity (Wildman–Crippen MR) is 89.7 cm³/mol. The molecule has 1 fully saturated rings. The molecule has 0 saturated carbocycles. The molecule has 1 saturated heterocycles. The van der Waals surface area contributed by atoms with Gasteiger partial charge >= 0.3 is 6.03 Å². The number of hydrogen-bond acceptors (Lipinski definition) is 5. The molecule has 2 amide bonds. The Morgan fingerprint density at radius 2 is 2.08 bits per heavy atom. The number of nitriles is 1. The number of nitrogens with zero attached hydrogens (tertiary/aromatic N) is 6. The SMILES string of the molecule is CCn1cc(NC(=O)N2CCN(c3ccc(C#N)cn3)CC2)cn1. The zero-order valence-corrected chi connectivity index (χ0v) is 13.5. The van der Waals surface area contributed by atoms with Gasteiger partial charge < -0.3 is 15.1 Å². The zero-order chi connectivity index (χ0) is 16.9. The summed E-state index contributed by atoms with van der Waals surface area (Å²) in [6, 6.07) is 5.54. The minimum atomic E-state index is -0.113. The van der Waals surface area contributed by atoms with Crippen LogP contribution in [0.4, 0.5) is 16.3 Å². The average Bonchev–Trinajstić information content (AvgIpc) is 3.09. The molecule has 0 unspecified atom stereocenters. The minimum Gasteiger partial charge on any atom is -0.353 e. The van der Waals surface area contributed by atoms with Crippen LogP contribution in [0.15, 0.2) is 30.7 Å². The van der Waals surface area contributed by atoms with Crippen molar-refractivity contribution in [2.24, 2.45) is 0 Å². The van der Waals surface area contributed by atoms with Gasteiger partial charge in [-0.25, -0.2) is 9.78 Å². The summed E-state index contributed by atoms with van der Waals surface area (Å²) in [6.45, 7) is 5.42. The van der Waals surface area contributed by atoms with Gasteiger partial charge in [0.1, 0.15) is 11.9 Å². The highest BCUT2D eigenvalue weighted by atomic mass is 16.2. The second kappa shape index (κ2) is 7.00. The fourth-order valence-corrected chi connectivity index (χ4v) is 2.58. The van der Waals surface area contributed by atoms with E-state index in [1.165, 1.54) is 0 Å². The van der Waals surface area contributed by atoms with E-state index in [0.29, 0.717) is 37.4 Å². The Balaban J connectivity index is 1.54. The Morgan fingerprint density at radius 3 is 2.67 bits per heavy atom. The van der Waals surface area contributed by atoms with E-state index in [1.807, 2.05) is 19.2 Å². The van der Waals surface area contributed by atoms with Crippen LogP contribution in [0.3, 0.4) is 0 Å². The van der Waals surface area contributed by atoms with Crippen LogP contribution in [0.1, 0.15) is 12.5 Å². The molecular formula is C16H19N7O. The van der Waals surface area contributed by atoms with Gasteiger partial charge in [-0.2, -0.15) is 10.4 Å². The Morgan fingerprint density at radius 1 is 1.29 bits per heavy atom. The summed E-state index contributed by atoms with van der Waals surface area (Å²) in [7, 11) is 0. The lowest BCUT2D eigenvalue weighted by Crippen LogP contribution is -2.50. The molecular weight excluding hydrogens is 306 g/mol. The summed E-state index contributed by atoms with van der Waals surface area (Å²) in [5, 5.41) is 15.8. The topological polar surface area (TPSA) is 90.1 Å². The van der Waals surface area contributed by atoms with E-state index in [0.717, 1.165) is 12.4 Å². The number of urea groups is 1. The number of carbonyl (C=O) groups is 1. The molecule has 0 spiro atoms. The van der Waals surface area contributed by atoms with Gasteiger partial charge in [-0.05, 0) is 19.1 Å². The first-order valence-corrected chi connectivity index (χ1v) is 7.89. The van der Waals surface area contributed by atoms with Gasteiger partial charge in [-0.1, -0.05) is 0 Å². The molecule has 1 aliphatic rings. The molecule has 8 nitrogen and oxygen atoms in total. The smallest absolute Gasteiger partial charge is 0.322 e. The highest BCUT2D eigenvalue weighted by Gasteiger charge is 2.22. The van der Waals surface area contributed by atoms with Crippen molar-refractivity contribution in [2.45, 2.75) is 13.5 Å². The van der Waals surface area contributed by atoms with E-state index in [4.69, 9.17) is 5.26 Å². The van der Waals surface area contributed by atoms with Gasteiger partial charge in [0.25, 0.3) is 0 Å². The predicted octanol–water partition coefficient (Wildman–Crippen LogP) is 1.52. The van der Waals surface area contributed by atoms with Gasteiger partial charge in [0.15, 0.2) is 0 Å². The highest BCUT2D eigenvalue weighted by molar-refractivity contribution is 5.89. The fourth-order valence-electron chi connectivity index (χ4n) is 2.58. The van der Waals surface area contributed by atoms with Crippen molar-refractivity contribution >= 4 is 17.5 Å². The largest absolute Gasteiger partial charge is 0.353 e. The van der Waals surface area contributed by atoms with Gasteiger partial charge in [0.05, 0.1) is 17.4 Å². The number of hydrogen-bond donors (Lipinski definition) is 1. The maximum absolute atomic E-state index is 12.3. The Kier molecular flexibility index (Phi) is 4.61. The number of nitrogens with one attached hydrogen (secondary N) is 1. The Hall–Kier alpha value is -3.08. The Labute approximate surface area is 140 Å². The van der Waals surface area contributed by atoms with E-state index in [1.54, 1.807) is 28.0 Å². The second-order valence-electron chi connectivity index (χ2n) is 5.51. The quantitative estimate of drug-likeness (QED) is 0.924. The minimum absolute atomic E-state index is 0.113. The standard InChI is InChI=1S/C16H19N7O/c1-2-23-12-14(11-19-23)20-16(24)22-7-5-21(6-8-22)15-4-3-13(9-17)10-18-15/h3-4,10-12H,2,5-8H2,1H3,(H,20,24). The summed E-state index contributed by atoms with van der Waals surface area (Å²) >= 11 is 0. The first kappa shape index (κ1) is 15.8. The normalized spacial score (nSPS) is 14.3. The van der Waals surface area contributed by atoms with Gasteiger partial charge in [0.2, 0.25) is 0 Å². The van der Waals surface area contributed by atoms with Crippen molar-refractivity contribution in [2.75, 3.05) is 36.4 Å². The molecule has 2 aromatic rings. The van der Waals surface area contributed by atoms with Crippen LogP contribution >= 0.6 is 0 Å². The summed E-state index contributed by atoms with van der Waals surface area (Å²) in [4.78, 5) is 20.5. The monoisotopic (exact) mass is 325 g/mol. The van der Waals surface area contributed by atoms with Gasteiger partial charge in [-0.15, -0.1) is 0 Å². The van der Waals surface area contributed by atoms with Crippen molar-refractivity contribution < 1.29 is 4.79 Å². The van der Waals surface area contributed by atoms with E-state index >= 15 is 0 Å². The lowest BCUT2D eigenvalue weighted by molar-refractivity contribution is 0.208. The number of carbonyl (C=O) groups excluding carboxylic acids is 1. The first-order chi connectivity index (χ1) is 11.7. The third kappa shape index (κ3) is 3.46. The molecule has 0 aliphatic carbocycles. The molecule has 0 atom stereocenters. The lowest BCUT2D eigenvalue weighted by atomic mass is 10.2. The van der Waals surface area contributed by atoms with Crippen molar-refractivity contribution in [1.82, 2.24) is 19.7 Å². The van der Waals surface area contributed by atoms with Crippen molar-refractivity contribution in [1.29, 1.82) is 5.26 Å². The average molecular weight is 325 g/mol. The number of pyridine rings is 1. The van der Waals surface area contributed by atoms with E-state index in [9.17, 15) is 4.79 Å². The van der Waals surface area contributed by atoms with Gasteiger partial charge in [0, 0.05) is 45.1 Å². The first-order valence-electron chi connectivity index (χ1n) is 7.89. The van der Waals surface area contributed by atoms with E-state index in [2.05, 4.69) is 26.4 Å². The molecule has 3 heterocycles. The maximum atomic E-state index is 12.3. The molecule has 1 N–H and O–H groups in total. The molecule has 0 bridgehead atoms. The third-order valence-electron chi connectivity index (χ3n) is 3.98. The van der Waals surface area contributed by atoms with Crippen molar-refractivity contribution in [3.8, 4) is 6.07 Å². The summed E-state index contributed by atoms with van der Waals surface area (Å²) in [5.41, 5.74) is 1.25. The molecule has 1 aliphatic heterocycles. The number of amides is 2. The number of rotatable bonds is 3. The van der Waals surface area contributed by atoms with Crippen LogP contribution in [-0.4, -0.2) is 51.9 Å². The molecule has 24 heavy (non-hydrogen) atoms. The Bertz CT molecular complexity index is 739. The lowest BCUT2D eigenvalue weighted by Gasteiger charge is -2.35. The third-order valence-corrected chi connectivity index (χ3v) is 3.98. The summed E-state index contributed by atoms with van der Waals surface area (Å²) in [5.74, 6) is 0.832. The highest BCUT2D eigenvalue weighted by Crippen LogP contribution is 2.15. The number of anilines is 2. The van der Waals surface area contributed by atoms with E-state index in [-0.39, 0.29) is 6.03 Å². The molecule has 0 aromatic carbocycles. The van der Waals surface area contributed by atoms with Gasteiger partial charge in [-0.3, -0.25) is 4.68 Å². The van der Waals surface area contributed by atoms with Crippen LogP contribution < -0.4 is 10.2 Å². The molecule has 2 aromatic heterocycles. The molecule has 0 radical (unpaired) electrons. The number of piperazine rings is 1. The van der Waals surface area contributed by atoms with Crippen molar-refractivity contribution in [3.63, 3.8) is 0 Å². The summed E-state index contributed by atoms with van der Waals surface area (Å²) < 4.78 is 1.77. The fraction of sp³-hybridized carbons (Fsp3) is 0.375. The number of aryl methyl sites for hydroxylation is 1. The van der Waals surface area contributed by atoms with Crippen LogP contribution in [0.5, 0.6) is 0 Å². The zero-order valence-electron chi connectivity index (χ0n) is 13.5. The number of aromatic nitrogens is 3. The van der Waals surface area contributed by atoms with Crippen LogP contribution in [0.2, 0.25) is 0 Å².